The lowest BCUT2D eigenvalue weighted by atomic mass is 10.2. The van der Waals surface area contributed by atoms with Crippen molar-refractivity contribution < 1.29 is 33.8 Å². The molecule has 0 spiro atoms. The Bertz CT molecular complexity index is 744. The van der Waals surface area contributed by atoms with E-state index in [-0.39, 0.29) is 17.3 Å². The van der Waals surface area contributed by atoms with Gasteiger partial charge in [-0.15, -0.1) is 0 Å². The van der Waals surface area contributed by atoms with E-state index >= 15 is 0 Å². The van der Waals surface area contributed by atoms with Gasteiger partial charge in [0.1, 0.15) is 12.3 Å². The largest absolute Gasteiger partial charge is 0.481 e. The minimum Gasteiger partial charge on any atom is -0.481 e. The Morgan fingerprint density at radius 3 is 2.68 bits per heavy atom. The van der Waals surface area contributed by atoms with Gasteiger partial charge in [0.05, 0.1) is 11.5 Å². The van der Waals surface area contributed by atoms with Crippen molar-refractivity contribution in [2.75, 3.05) is 19.8 Å². The van der Waals surface area contributed by atoms with E-state index in [1.165, 1.54) is 6.08 Å². The SMILES string of the molecule is CCOC(=O)CN1C(=O)S/C(=C\c2ccccc2OCC(=O)O)C1=O. The lowest BCUT2D eigenvalue weighted by Gasteiger charge is -2.11. The van der Waals surface area contributed by atoms with Gasteiger partial charge >= 0.3 is 11.9 Å². The van der Waals surface area contributed by atoms with Crippen LogP contribution in [0.2, 0.25) is 0 Å². The van der Waals surface area contributed by atoms with E-state index in [4.69, 9.17) is 14.6 Å². The van der Waals surface area contributed by atoms with E-state index in [2.05, 4.69) is 0 Å². The van der Waals surface area contributed by atoms with Crippen molar-refractivity contribution in [2.45, 2.75) is 6.92 Å². The molecule has 8 nitrogen and oxygen atoms in total. The standard InChI is InChI=1S/C16H15NO7S/c1-2-23-14(20)8-17-15(21)12(25-16(17)22)7-10-5-3-4-6-11(10)24-9-13(18)19/h3-7H,2,8-9H2,1H3,(H,18,19)/b12-7-. The van der Waals surface area contributed by atoms with Crippen LogP contribution in [0.15, 0.2) is 29.2 Å². The third-order valence-electron chi connectivity index (χ3n) is 3.02. The number of carbonyl (C=O) groups is 4. The Kier molecular flexibility index (Phi) is 6.18. The Morgan fingerprint density at radius 2 is 2.00 bits per heavy atom. The topological polar surface area (TPSA) is 110 Å². The number of nitrogens with zero attached hydrogens (tertiary/aromatic N) is 1. The molecule has 1 aliphatic rings. The predicted molar refractivity (Wildman–Crippen MR) is 88.9 cm³/mol. The zero-order chi connectivity index (χ0) is 18.4. The van der Waals surface area contributed by atoms with Gasteiger partial charge in [0.2, 0.25) is 0 Å². The van der Waals surface area contributed by atoms with Crippen LogP contribution >= 0.6 is 11.8 Å². The van der Waals surface area contributed by atoms with Crippen LogP contribution in [0, 0.1) is 0 Å². The van der Waals surface area contributed by atoms with Crippen molar-refractivity contribution in [1.82, 2.24) is 4.90 Å². The predicted octanol–water partition coefficient (Wildman–Crippen LogP) is 1.75. The number of aliphatic carboxylic acids is 1. The highest BCUT2D eigenvalue weighted by atomic mass is 32.2. The molecular weight excluding hydrogens is 350 g/mol. The summed E-state index contributed by atoms with van der Waals surface area (Å²) in [4.78, 5) is 47.3. The lowest BCUT2D eigenvalue weighted by molar-refractivity contribution is -0.146. The Morgan fingerprint density at radius 1 is 1.28 bits per heavy atom. The van der Waals surface area contributed by atoms with E-state index in [9.17, 15) is 19.2 Å². The molecule has 1 N–H and O–H groups in total. The van der Waals surface area contributed by atoms with Crippen LogP contribution in [-0.2, 0) is 19.1 Å². The maximum atomic E-state index is 12.3. The molecule has 0 radical (unpaired) electrons. The van der Waals surface area contributed by atoms with E-state index < -0.39 is 36.2 Å². The number of carboxylic acid groups (broad SMARTS) is 1. The third kappa shape index (κ3) is 4.83. The number of carboxylic acids is 1. The van der Waals surface area contributed by atoms with Gasteiger partial charge in [-0.2, -0.15) is 0 Å². The molecule has 0 bridgehead atoms. The Hall–Kier alpha value is -2.81. The molecule has 9 heteroatoms. The quantitative estimate of drug-likeness (QED) is 0.575. The first-order valence-electron chi connectivity index (χ1n) is 7.27. The number of para-hydroxylation sites is 1. The molecule has 1 aromatic carbocycles. The minimum absolute atomic E-state index is 0.112. The van der Waals surface area contributed by atoms with Crippen molar-refractivity contribution in [3.63, 3.8) is 0 Å². The smallest absolute Gasteiger partial charge is 0.341 e. The molecule has 1 aromatic rings. The highest BCUT2D eigenvalue weighted by Crippen LogP contribution is 2.33. The maximum Gasteiger partial charge on any atom is 0.341 e. The number of amides is 2. The van der Waals surface area contributed by atoms with Crippen LogP contribution in [0.5, 0.6) is 5.75 Å². The van der Waals surface area contributed by atoms with Crippen LogP contribution in [0.3, 0.4) is 0 Å². The Labute approximate surface area is 147 Å². The molecule has 1 aliphatic heterocycles. The van der Waals surface area contributed by atoms with Gasteiger partial charge in [0.15, 0.2) is 6.61 Å². The van der Waals surface area contributed by atoms with Gasteiger partial charge in [0, 0.05) is 5.56 Å². The summed E-state index contributed by atoms with van der Waals surface area (Å²) in [7, 11) is 0. The number of benzene rings is 1. The zero-order valence-electron chi connectivity index (χ0n) is 13.3. The van der Waals surface area contributed by atoms with E-state index in [0.717, 1.165) is 4.90 Å². The summed E-state index contributed by atoms with van der Waals surface area (Å²) < 4.78 is 9.90. The summed E-state index contributed by atoms with van der Waals surface area (Å²) in [6, 6.07) is 6.51. The molecule has 2 rings (SSSR count). The second-order valence-corrected chi connectivity index (χ2v) is 5.79. The number of imide groups is 1. The van der Waals surface area contributed by atoms with Crippen molar-refractivity contribution >= 4 is 40.9 Å². The molecule has 1 heterocycles. The van der Waals surface area contributed by atoms with Crippen LogP contribution in [0.25, 0.3) is 6.08 Å². The molecular formula is C16H15NO7S. The molecule has 2 amide bonds. The van der Waals surface area contributed by atoms with Crippen molar-refractivity contribution in [2.24, 2.45) is 0 Å². The molecule has 0 aromatic heterocycles. The molecule has 1 fully saturated rings. The van der Waals surface area contributed by atoms with E-state index in [0.29, 0.717) is 17.3 Å². The third-order valence-corrected chi connectivity index (χ3v) is 3.93. The number of hydrogen-bond acceptors (Lipinski definition) is 7. The van der Waals surface area contributed by atoms with Crippen LogP contribution < -0.4 is 4.74 Å². The highest BCUT2D eigenvalue weighted by molar-refractivity contribution is 8.18. The minimum atomic E-state index is -1.13. The second-order valence-electron chi connectivity index (χ2n) is 4.79. The number of hydrogen-bond donors (Lipinski definition) is 1. The van der Waals surface area contributed by atoms with Crippen molar-refractivity contribution in [3.05, 3.63) is 34.7 Å². The van der Waals surface area contributed by atoms with Gasteiger partial charge in [-0.25, -0.2) is 4.79 Å². The van der Waals surface area contributed by atoms with Crippen molar-refractivity contribution in [3.8, 4) is 5.75 Å². The van der Waals surface area contributed by atoms with Crippen molar-refractivity contribution in [1.29, 1.82) is 0 Å². The first kappa shape index (κ1) is 18.5. The molecule has 0 atom stereocenters. The number of ether oxygens (including phenoxy) is 2. The van der Waals surface area contributed by atoms with Gasteiger partial charge in [-0.1, -0.05) is 18.2 Å². The molecule has 0 saturated carbocycles. The highest BCUT2D eigenvalue weighted by Gasteiger charge is 2.36. The number of rotatable bonds is 7. The first-order chi connectivity index (χ1) is 11.9. The average Bonchev–Trinajstić information content (AvgIpc) is 2.82. The maximum absolute atomic E-state index is 12.3. The Balaban J connectivity index is 2.19. The summed E-state index contributed by atoms with van der Waals surface area (Å²) in [5.41, 5.74) is 0.449. The summed E-state index contributed by atoms with van der Waals surface area (Å²) in [6.07, 6.45) is 1.42. The first-order valence-corrected chi connectivity index (χ1v) is 8.08. The van der Waals surface area contributed by atoms with E-state index in [1.54, 1.807) is 31.2 Å². The zero-order valence-corrected chi connectivity index (χ0v) is 14.1. The molecule has 0 aliphatic carbocycles. The van der Waals surface area contributed by atoms with Gasteiger partial charge < -0.3 is 14.6 Å². The monoisotopic (exact) mass is 365 g/mol. The number of esters is 1. The summed E-state index contributed by atoms with van der Waals surface area (Å²) >= 11 is 0.689. The van der Waals surface area contributed by atoms with Crippen LogP contribution in [0.4, 0.5) is 4.79 Å². The lowest BCUT2D eigenvalue weighted by Crippen LogP contribution is -2.34. The summed E-state index contributed by atoms with van der Waals surface area (Å²) in [5.74, 6) is -2.15. The average molecular weight is 365 g/mol. The number of thioether (sulfide) groups is 1. The van der Waals surface area contributed by atoms with Crippen LogP contribution in [-0.4, -0.2) is 52.8 Å². The number of carbonyl (C=O) groups excluding carboxylic acids is 3. The fraction of sp³-hybridized carbons (Fsp3) is 0.250. The van der Waals surface area contributed by atoms with Gasteiger partial charge in [-0.3, -0.25) is 19.3 Å². The normalized spacial score (nSPS) is 15.6. The molecule has 132 valence electrons. The molecule has 1 saturated heterocycles. The fourth-order valence-corrected chi connectivity index (χ4v) is 2.81. The fourth-order valence-electron chi connectivity index (χ4n) is 1.98. The second kappa shape index (κ2) is 8.34. The molecule has 0 unspecified atom stereocenters. The van der Waals surface area contributed by atoms with Crippen LogP contribution in [0.1, 0.15) is 12.5 Å². The summed E-state index contributed by atoms with van der Waals surface area (Å²) in [5, 5.41) is 8.12. The summed E-state index contributed by atoms with van der Waals surface area (Å²) in [6.45, 7) is 0.793. The molecule has 25 heavy (non-hydrogen) atoms. The van der Waals surface area contributed by atoms with Gasteiger partial charge in [-0.05, 0) is 30.8 Å². The van der Waals surface area contributed by atoms with Gasteiger partial charge in [0.25, 0.3) is 11.1 Å². The van der Waals surface area contributed by atoms with E-state index in [1.807, 2.05) is 0 Å².